The minimum atomic E-state index is -4.98. The molecule has 39 heavy (non-hydrogen) atoms. The molecule has 4 rings (SSSR count). The molecule has 12 heteroatoms. The summed E-state index contributed by atoms with van der Waals surface area (Å²) >= 11 is 6.15. The van der Waals surface area contributed by atoms with Gasteiger partial charge in [-0.1, -0.05) is 35.9 Å². The van der Waals surface area contributed by atoms with Crippen LogP contribution in [0, 0.1) is 24.5 Å². The Morgan fingerprint density at radius 3 is 2.41 bits per heavy atom. The Kier molecular flexibility index (Phi) is 8.70. The van der Waals surface area contributed by atoms with Gasteiger partial charge in [-0.2, -0.15) is 17.6 Å². The van der Waals surface area contributed by atoms with Crippen LogP contribution in [0.5, 0.6) is 0 Å². The third-order valence-corrected chi connectivity index (χ3v) is 7.09. The molecule has 6 nitrogen and oxygen atoms in total. The number of H-pyrrole nitrogens is 1. The number of aromatic amines is 1. The lowest BCUT2D eigenvalue weighted by Gasteiger charge is -2.28. The molecule has 0 saturated heterocycles. The summed E-state index contributed by atoms with van der Waals surface area (Å²) < 4.78 is 75.9. The molecule has 0 bridgehead atoms. The molecule has 0 aliphatic heterocycles. The van der Waals surface area contributed by atoms with Crippen molar-refractivity contribution in [1.82, 2.24) is 15.3 Å². The molecule has 3 aromatic rings. The van der Waals surface area contributed by atoms with Crippen molar-refractivity contribution in [1.29, 1.82) is 0 Å². The van der Waals surface area contributed by atoms with Gasteiger partial charge in [0.2, 0.25) is 11.7 Å². The van der Waals surface area contributed by atoms with E-state index in [4.69, 9.17) is 16.3 Å². The first kappa shape index (κ1) is 28.7. The van der Waals surface area contributed by atoms with Crippen LogP contribution in [0.1, 0.15) is 48.1 Å². The van der Waals surface area contributed by atoms with Crippen molar-refractivity contribution in [2.45, 2.75) is 58.0 Å². The molecule has 2 aromatic carbocycles. The SMILES string of the molecule is Cc1nc(-c2c(C(F)(F)F)ccc(CNC(=O)C3CCC(OCc4ccccc4Cl)CC3)c2F)[nH]c(=O)c1F. The van der Waals surface area contributed by atoms with Crippen molar-refractivity contribution < 1.29 is 31.5 Å². The number of nitrogens with one attached hydrogen (secondary N) is 2. The predicted octanol–water partition coefficient (Wildman–Crippen LogP) is 6.09. The largest absolute Gasteiger partial charge is 0.417 e. The molecule has 0 unspecified atom stereocenters. The number of hydrogen-bond donors (Lipinski definition) is 2. The Morgan fingerprint density at radius 1 is 1.08 bits per heavy atom. The van der Waals surface area contributed by atoms with Crippen LogP contribution in [0.25, 0.3) is 11.4 Å². The first-order valence-corrected chi connectivity index (χ1v) is 12.6. The third-order valence-electron chi connectivity index (χ3n) is 6.72. The van der Waals surface area contributed by atoms with E-state index in [1.54, 1.807) is 6.07 Å². The Bertz CT molecular complexity index is 1420. The number of hydrogen-bond acceptors (Lipinski definition) is 4. The highest BCUT2D eigenvalue weighted by atomic mass is 35.5. The fourth-order valence-corrected chi connectivity index (χ4v) is 4.75. The highest BCUT2D eigenvalue weighted by Gasteiger charge is 2.37. The molecule has 0 spiro atoms. The Hall–Kier alpha value is -3.31. The Balaban J connectivity index is 1.42. The molecule has 1 aromatic heterocycles. The van der Waals surface area contributed by atoms with Crippen LogP contribution in [-0.4, -0.2) is 22.0 Å². The number of carbonyl (C=O) groups is 1. The van der Waals surface area contributed by atoms with Gasteiger partial charge in [0.15, 0.2) is 0 Å². The second kappa shape index (κ2) is 11.8. The number of alkyl halides is 3. The maximum absolute atomic E-state index is 15.4. The monoisotopic (exact) mass is 569 g/mol. The minimum Gasteiger partial charge on any atom is -0.373 e. The summed E-state index contributed by atoms with van der Waals surface area (Å²) in [5, 5.41) is 3.20. The van der Waals surface area contributed by atoms with Crippen molar-refractivity contribution >= 4 is 17.5 Å². The summed E-state index contributed by atoms with van der Waals surface area (Å²) in [6.45, 7) is 1.05. The van der Waals surface area contributed by atoms with Crippen LogP contribution in [0.15, 0.2) is 41.2 Å². The second-order valence-corrected chi connectivity index (χ2v) is 9.77. The van der Waals surface area contributed by atoms with Crippen LogP contribution in [0.4, 0.5) is 22.0 Å². The summed E-state index contributed by atoms with van der Waals surface area (Å²) in [7, 11) is 0. The molecule has 1 aliphatic rings. The first-order chi connectivity index (χ1) is 18.5. The van der Waals surface area contributed by atoms with Gasteiger partial charge in [0.25, 0.3) is 5.56 Å². The quantitative estimate of drug-likeness (QED) is 0.337. The predicted molar refractivity (Wildman–Crippen MR) is 134 cm³/mol. The first-order valence-electron chi connectivity index (χ1n) is 12.2. The third kappa shape index (κ3) is 6.65. The van der Waals surface area contributed by atoms with Crippen molar-refractivity contribution in [3.63, 3.8) is 0 Å². The lowest BCUT2D eigenvalue weighted by molar-refractivity contribution is -0.137. The fourth-order valence-electron chi connectivity index (χ4n) is 4.55. The van der Waals surface area contributed by atoms with Crippen molar-refractivity contribution in [3.05, 3.63) is 85.8 Å². The van der Waals surface area contributed by atoms with Gasteiger partial charge in [0.05, 0.1) is 29.5 Å². The van der Waals surface area contributed by atoms with Gasteiger partial charge in [-0.25, -0.2) is 9.37 Å². The zero-order valence-corrected chi connectivity index (χ0v) is 21.6. The van der Waals surface area contributed by atoms with Gasteiger partial charge in [-0.15, -0.1) is 0 Å². The number of carbonyl (C=O) groups excluding carboxylic acids is 1. The van der Waals surface area contributed by atoms with Gasteiger partial charge in [0, 0.05) is 23.0 Å². The van der Waals surface area contributed by atoms with Crippen LogP contribution in [-0.2, 0) is 28.9 Å². The standard InChI is InChI=1S/C27H25ClF5N3O3/c1-14-22(29)26(38)36-24(35-14)21-19(27(31,32)33)11-8-16(23(21)30)12-34-25(37)15-6-9-18(10-7-15)39-13-17-4-2-3-5-20(17)28/h2-5,8,11,15,18H,6-7,9-10,12-13H2,1H3,(H,34,37)(H,35,36,38). The van der Waals surface area contributed by atoms with Gasteiger partial charge >= 0.3 is 6.18 Å². The summed E-state index contributed by atoms with van der Waals surface area (Å²) in [5.74, 6) is -4.08. The van der Waals surface area contributed by atoms with E-state index in [9.17, 15) is 27.2 Å². The van der Waals surface area contributed by atoms with E-state index in [0.29, 0.717) is 43.4 Å². The van der Waals surface area contributed by atoms with E-state index in [1.165, 1.54) is 0 Å². The molecule has 2 N–H and O–H groups in total. The van der Waals surface area contributed by atoms with Crippen molar-refractivity contribution in [2.24, 2.45) is 5.92 Å². The van der Waals surface area contributed by atoms with Gasteiger partial charge in [0.1, 0.15) is 11.6 Å². The van der Waals surface area contributed by atoms with E-state index >= 15 is 4.39 Å². The van der Waals surface area contributed by atoms with Crippen LogP contribution in [0.2, 0.25) is 5.02 Å². The van der Waals surface area contributed by atoms with Crippen LogP contribution >= 0.6 is 11.6 Å². The number of nitrogens with zero attached hydrogens (tertiary/aromatic N) is 1. The summed E-state index contributed by atoms with van der Waals surface area (Å²) in [6, 6.07) is 8.90. The summed E-state index contributed by atoms with van der Waals surface area (Å²) in [6.07, 6.45) is -2.71. The number of amides is 1. The Labute approximate surface area is 225 Å². The zero-order chi connectivity index (χ0) is 28.3. The maximum atomic E-state index is 15.4. The number of halogens is 6. The summed E-state index contributed by atoms with van der Waals surface area (Å²) in [5.41, 5.74) is -3.59. The fraction of sp³-hybridized carbons (Fsp3) is 0.370. The number of benzene rings is 2. The Morgan fingerprint density at radius 2 is 1.77 bits per heavy atom. The normalized spacial score (nSPS) is 17.7. The highest BCUT2D eigenvalue weighted by Crippen LogP contribution is 2.38. The molecular weight excluding hydrogens is 545 g/mol. The second-order valence-electron chi connectivity index (χ2n) is 9.37. The molecule has 1 heterocycles. The van der Waals surface area contributed by atoms with E-state index < -0.39 is 46.0 Å². The number of ether oxygens (including phenoxy) is 1. The lowest BCUT2D eigenvalue weighted by Crippen LogP contribution is -2.34. The minimum absolute atomic E-state index is 0.0472. The van der Waals surface area contributed by atoms with Gasteiger partial charge in [-0.05, 0) is 50.3 Å². The number of aromatic nitrogens is 2. The molecule has 0 atom stereocenters. The van der Waals surface area contributed by atoms with Crippen LogP contribution in [0.3, 0.4) is 0 Å². The molecule has 1 aliphatic carbocycles. The molecule has 1 fully saturated rings. The molecular formula is C27H25ClF5N3O3. The molecule has 1 amide bonds. The molecule has 0 radical (unpaired) electrons. The van der Waals surface area contributed by atoms with E-state index in [0.717, 1.165) is 18.6 Å². The van der Waals surface area contributed by atoms with E-state index in [1.807, 2.05) is 23.2 Å². The topological polar surface area (TPSA) is 84.1 Å². The maximum Gasteiger partial charge on any atom is 0.417 e. The van der Waals surface area contributed by atoms with Crippen molar-refractivity contribution in [3.8, 4) is 11.4 Å². The molecule has 1 saturated carbocycles. The average Bonchev–Trinajstić information content (AvgIpc) is 2.89. The van der Waals surface area contributed by atoms with E-state index in [2.05, 4.69) is 10.3 Å². The van der Waals surface area contributed by atoms with Gasteiger partial charge in [-0.3, -0.25) is 9.59 Å². The smallest absolute Gasteiger partial charge is 0.373 e. The van der Waals surface area contributed by atoms with Crippen LogP contribution < -0.4 is 10.9 Å². The van der Waals surface area contributed by atoms with E-state index in [-0.39, 0.29) is 30.0 Å². The average molecular weight is 570 g/mol. The zero-order valence-electron chi connectivity index (χ0n) is 20.8. The van der Waals surface area contributed by atoms with Crippen molar-refractivity contribution in [2.75, 3.05) is 0 Å². The van der Waals surface area contributed by atoms with Gasteiger partial charge < -0.3 is 15.0 Å². The number of aryl methyl sites for hydroxylation is 1. The number of rotatable bonds is 7. The lowest BCUT2D eigenvalue weighted by atomic mass is 9.86. The highest BCUT2D eigenvalue weighted by molar-refractivity contribution is 6.31. The summed E-state index contributed by atoms with van der Waals surface area (Å²) in [4.78, 5) is 30.0. The molecule has 208 valence electrons.